The van der Waals surface area contributed by atoms with Crippen LogP contribution in [-0.2, 0) is 19.6 Å². The Bertz CT molecular complexity index is 716. The van der Waals surface area contributed by atoms with Gasteiger partial charge in [0.15, 0.2) is 0 Å². The Morgan fingerprint density at radius 3 is 2.39 bits per heavy atom. The predicted octanol–water partition coefficient (Wildman–Crippen LogP) is 2.22. The fraction of sp³-hybridized carbons (Fsp3) is 0.429. The number of hydrogen-bond acceptors (Lipinski definition) is 4. The molecule has 0 heterocycles. The highest BCUT2D eigenvalue weighted by molar-refractivity contribution is 7.89. The van der Waals surface area contributed by atoms with Gasteiger partial charge in [0.05, 0.1) is 15.6 Å². The van der Waals surface area contributed by atoms with Crippen LogP contribution in [0, 0.1) is 0 Å². The second-order valence-corrected chi connectivity index (χ2v) is 7.80. The first kappa shape index (κ1) is 19.4. The highest BCUT2D eigenvalue weighted by Crippen LogP contribution is 2.26. The molecule has 1 aromatic rings. The summed E-state index contributed by atoms with van der Waals surface area (Å²) in [5.41, 5.74) is -0.622. The number of aliphatic carboxylic acids is 1. The Labute approximate surface area is 140 Å². The Kier molecular flexibility index (Phi) is 6.15. The molecule has 0 aliphatic heterocycles. The molecule has 0 radical (unpaired) electrons. The molecule has 1 rings (SSSR count). The van der Waals surface area contributed by atoms with Crippen molar-refractivity contribution >= 4 is 39.2 Å². The van der Waals surface area contributed by atoms with Gasteiger partial charge in [-0.15, -0.1) is 0 Å². The molecule has 0 atom stereocenters. The Morgan fingerprint density at radius 2 is 1.91 bits per heavy atom. The Hall–Kier alpha value is -1.64. The van der Waals surface area contributed by atoms with E-state index in [-0.39, 0.29) is 28.7 Å². The molecule has 0 aliphatic rings. The Balaban J connectivity index is 2.98. The number of carbonyl (C=O) groups is 2. The van der Waals surface area contributed by atoms with E-state index in [9.17, 15) is 18.0 Å². The zero-order valence-electron chi connectivity index (χ0n) is 13.0. The molecule has 23 heavy (non-hydrogen) atoms. The lowest BCUT2D eigenvalue weighted by atomic mass is 10.0. The molecule has 1 aromatic carbocycles. The number of amides is 1. The van der Waals surface area contributed by atoms with Gasteiger partial charge in [0.25, 0.3) is 0 Å². The van der Waals surface area contributed by atoms with Crippen molar-refractivity contribution in [2.45, 2.75) is 44.0 Å². The van der Waals surface area contributed by atoms with Crippen molar-refractivity contribution in [3.8, 4) is 0 Å². The normalized spacial score (nSPS) is 12.0. The van der Waals surface area contributed by atoms with Gasteiger partial charge in [-0.2, -0.15) is 0 Å². The maximum Gasteiger partial charge on any atom is 0.303 e. The maximum absolute atomic E-state index is 12.4. The zero-order chi connectivity index (χ0) is 17.8. The van der Waals surface area contributed by atoms with E-state index in [1.165, 1.54) is 25.1 Å². The maximum atomic E-state index is 12.4. The van der Waals surface area contributed by atoms with Crippen molar-refractivity contribution in [3.63, 3.8) is 0 Å². The summed E-state index contributed by atoms with van der Waals surface area (Å²) in [5, 5.41) is 11.3. The first-order chi connectivity index (χ1) is 10.4. The lowest BCUT2D eigenvalue weighted by Gasteiger charge is -2.25. The molecule has 7 nitrogen and oxygen atoms in total. The largest absolute Gasteiger partial charge is 0.481 e. The monoisotopic (exact) mass is 362 g/mol. The molecule has 3 N–H and O–H groups in total. The lowest BCUT2D eigenvalue weighted by molar-refractivity contribution is -0.137. The topological polar surface area (TPSA) is 113 Å². The minimum atomic E-state index is -3.87. The summed E-state index contributed by atoms with van der Waals surface area (Å²) >= 11 is 5.97. The van der Waals surface area contributed by atoms with Crippen LogP contribution in [0.3, 0.4) is 0 Å². The van der Waals surface area contributed by atoms with Crippen LogP contribution in [0.5, 0.6) is 0 Å². The van der Waals surface area contributed by atoms with Gasteiger partial charge in [0.1, 0.15) is 0 Å². The second-order valence-electron chi connectivity index (χ2n) is 5.71. The number of carbonyl (C=O) groups excluding carboxylic acids is 1. The average Bonchev–Trinajstić information content (AvgIpc) is 2.37. The van der Waals surface area contributed by atoms with E-state index in [4.69, 9.17) is 16.7 Å². The third-order valence-corrected chi connectivity index (χ3v) is 4.94. The molecule has 0 saturated carbocycles. The van der Waals surface area contributed by atoms with Crippen LogP contribution in [0.15, 0.2) is 23.1 Å². The first-order valence-corrected chi connectivity index (χ1v) is 8.62. The highest BCUT2D eigenvalue weighted by atomic mass is 35.5. The molecule has 0 unspecified atom stereocenters. The summed E-state index contributed by atoms with van der Waals surface area (Å²) in [6, 6.07) is 3.93. The van der Waals surface area contributed by atoms with Crippen molar-refractivity contribution in [3.05, 3.63) is 23.2 Å². The summed E-state index contributed by atoms with van der Waals surface area (Å²) in [7, 11) is -3.87. The Morgan fingerprint density at radius 1 is 1.30 bits per heavy atom. The van der Waals surface area contributed by atoms with E-state index in [0.717, 1.165) is 0 Å². The van der Waals surface area contributed by atoms with Gasteiger partial charge in [-0.3, -0.25) is 9.59 Å². The van der Waals surface area contributed by atoms with Gasteiger partial charge < -0.3 is 10.4 Å². The standard InChI is InChI=1S/C14H19ClN2O5S/c1-9(18)16-12-5-4-10(8-11(12)15)23(21,22)17-14(2,3)7-6-13(19)20/h4-5,8,17H,6-7H2,1-3H3,(H,16,18)(H,19,20). The minimum Gasteiger partial charge on any atom is -0.481 e. The molecule has 0 spiro atoms. The van der Waals surface area contributed by atoms with Gasteiger partial charge in [-0.05, 0) is 38.5 Å². The van der Waals surface area contributed by atoms with Crippen molar-refractivity contribution in [1.29, 1.82) is 0 Å². The highest BCUT2D eigenvalue weighted by Gasteiger charge is 2.27. The van der Waals surface area contributed by atoms with Crippen molar-refractivity contribution < 1.29 is 23.1 Å². The van der Waals surface area contributed by atoms with Gasteiger partial charge in [-0.1, -0.05) is 11.6 Å². The lowest BCUT2D eigenvalue weighted by Crippen LogP contribution is -2.43. The fourth-order valence-electron chi connectivity index (χ4n) is 1.85. The summed E-state index contributed by atoms with van der Waals surface area (Å²) in [6.45, 7) is 4.51. The van der Waals surface area contributed by atoms with Crippen molar-refractivity contribution in [2.75, 3.05) is 5.32 Å². The molecule has 0 aliphatic carbocycles. The summed E-state index contributed by atoms with van der Waals surface area (Å²) < 4.78 is 27.2. The quantitative estimate of drug-likeness (QED) is 0.688. The fourth-order valence-corrected chi connectivity index (χ4v) is 3.61. The molecule has 128 valence electrons. The van der Waals surface area contributed by atoms with Gasteiger partial charge in [0.2, 0.25) is 15.9 Å². The minimum absolute atomic E-state index is 0.0694. The van der Waals surface area contributed by atoms with Crippen molar-refractivity contribution in [2.24, 2.45) is 0 Å². The van der Waals surface area contributed by atoms with Crippen LogP contribution in [0.25, 0.3) is 0 Å². The van der Waals surface area contributed by atoms with E-state index >= 15 is 0 Å². The summed E-state index contributed by atoms with van der Waals surface area (Å²) in [5.74, 6) is -1.32. The first-order valence-electron chi connectivity index (χ1n) is 6.76. The van der Waals surface area contributed by atoms with Crippen LogP contribution in [-0.4, -0.2) is 30.9 Å². The summed E-state index contributed by atoms with van der Waals surface area (Å²) in [6.07, 6.45) is -0.0168. The third kappa shape index (κ3) is 6.17. The predicted molar refractivity (Wildman–Crippen MR) is 87.0 cm³/mol. The number of rotatable bonds is 7. The molecule has 0 aromatic heterocycles. The van der Waals surface area contributed by atoms with Crippen LogP contribution in [0.2, 0.25) is 5.02 Å². The third-order valence-electron chi connectivity index (χ3n) is 2.94. The second kappa shape index (κ2) is 7.29. The van der Waals surface area contributed by atoms with E-state index in [2.05, 4.69) is 10.0 Å². The molecule has 1 amide bonds. The smallest absolute Gasteiger partial charge is 0.303 e. The number of halogens is 1. The molecular formula is C14H19ClN2O5S. The van der Waals surface area contributed by atoms with Gasteiger partial charge in [0, 0.05) is 18.9 Å². The van der Waals surface area contributed by atoms with Gasteiger partial charge in [-0.25, -0.2) is 13.1 Å². The molecule has 9 heteroatoms. The van der Waals surface area contributed by atoms with Crippen LogP contribution in [0.4, 0.5) is 5.69 Å². The number of hydrogen-bond donors (Lipinski definition) is 3. The van der Waals surface area contributed by atoms with Crippen molar-refractivity contribution in [1.82, 2.24) is 4.72 Å². The van der Waals surface area contributed by atoms with Crippen LogP contribution < -0.4 is 10.0 Å². The molecule has 0 saturated heterocycles. The molecular weight excluding hydrogens is 344 g/mol. The van der Waals surface area contributed by atoms with Gasteiger partial charge >= 0.3 is 5.97 Å². The van der Waals surface area contributed by atoms with E-state index < -0.39 is 21.5 Å². The number of carboxylic acids is 1. The number of benzene rings is 1. The number of nitrogens with one attached hydrogen (secondary N) is 2. The molecule has 0 fully saturated rings. The van der Waals surface area contributed by atoms with Crippen LogP contribution >= 0.6 is 11.6 Å². The number of carboxylic acid groups (broad SMARTS) is 1. The average molecular weight is 363 g/mol. The zero-order valence-corrected chi connectivity index (χ0v) is 14.6. The van der Waals surface area contributed by atoms with E-state index in [1.807, 2.05) is 0 Å². The SMILES string of the molecule is CC(=O)Nc1ccc(S(=O)(=O)NC(C)(C)CCC(=O)O)cc1Cl. The number of anilines is 1. The molecule has 0 bridgehead atoms. The number of sulfonamides is 1. The van der Waals surface area contributed by atoms with E-state index in [1.54, 1.807) is 13.8 Å². The summed E-state index contributed by atoms with van der Waals surface area (Å²) in [4.78, 5) is 21.6. The van der Waals surface area contributed by atoms with Crippen LogP contribution in [0.1, 0.15) is 33.6 Å². The van der Waals surface area contributed by atoms with E-state index in [0.29, 0.717) is 5.69 Å².